The van der Waals surface area contributed by atoms with Crippen molar-refractivity contribution in [3.63, 3.8) is 0 Å². The highest BCUT2D eigenvalue weighted by molar-refractivity contribution is 6.58. The first kappa shape index (κ1) is 77.9. The Balaban J connectivity index is 0.000000218. The number of esters is 4. The van der Waals surface area contributed by atoms with E-state index in [1.54, 1.807) is 47.5 Å². The molecule has 0 spiro atoms. The van der Waals surface area contributed by atoms with E-state index in [2.05, 4.69) is 76.1 Å². The van der Waals surface area contributed by atoms with Gasteiger partial charge >= 0.3 is 31.0 Å². The number of benzene rings is 5. The van der Waals surface area contributed by atoms with E-state index in [0.717, 1.165) is 42.9 Å². The van der Waals surface area contributed by atoms with E-state index in [-0.39, 0.29) is 75.1 Å². The van der Waals surface area contributed by atoms with Crippen molar-refractivity contribution in [2.75, 3.05) is 41.5 Å². The quantitative estimate of drug-likeness (QED) is 0.0221. The van der Waals surface area contributed by atoms with Crippen LogP contribution in [-0.4, -0.2) is 144 Å². The average Bonchev–Trinajstić information content (AvgIpc) is 1.23. The van der Waals surface area contributed by atoms with Crippen molar-refractivity contribution < 1.29 is 74.9 Å². The van der Waals surface area contributed by atoms with E-state index in [1.807, 2.05) is 0 Å². The Bertz CT molecular complexity index is 4610. The number of ketones is 1. The van der Waals surface area contributed by atoms with Gasteiger partial charge in [-0.05, 0) is 119 Å². The number of halogens is 7. The number of nitrogens with one attached hydrogen (secondary N) is 2. The Morgan fingerprint density at radius 3 is 1.28 bits per heavy atom. The number of Topliss-reactive ketones (excluding diaryl/α,β-unsaturated/α-hetero) is 1. The zero-order chi connectivity index (χ0) is 71.4. The van der Waals surface area contributed by atoms with Gasteiger partial charge in [0.25, 0.3) is 11.1 Å². The molecule has 5 aromatic heterocycles. The van der Waals surface area contributed by atoms with Crippen LogP contribution in [0.2, 0.25) is 10.2 Å². The summed E-state index contributed by atoms with van der Waals surface area (Å²) in [6.07, 6.45) is 13.5. The highest BCUT2D eigenvalue weighted by Gasteiger charge is 2.26. The molecule has 1 aliphatic rings. The number of ether oxygens (including phenoxy) is 4. The number of methoxy groups -OCH3 is 4. The SMILES string of the molecule is C.COC(=O)c1ccc(-c2ccnnc2)cc1F.COC(=O)c1ccc(-c2cn[nH]c(=O)c2)cc1F.COC(=O)c1ccc(-c2cnnc(Cl)c2)cc1F.COC(=O)c1ccc(B(O)O)cc1F.N#CN1CC[C@@H](CC(=O)c2ccc(-c3ccnnc3)cc2F)C1.O=c1cc(Cl)cn[nH]1. The molecule has 6 heterocycles. The Kier molecular flexibility index (Phi) is 30.4. The van der Waals surface area contributed by atoms with Gasteiger partial charge in [-0.15, -0.1) is 5.10 Å². The number of hydrogen-bond donors (Lipinski definition) is 4. The van der Waals surface area contributed by atoms with Crippen molar-refractivity contribution >= 4 is 65.4 Å². The van der Waals surface area contributed by atoms with Crippen LogP contribution in [-0.2, 0) is 18.9 Å². The predicted octanol–water partition coefficient (Wildman–Crippen LogP) is 9.16. The van der Waals surface area contributed by atoms with Gasteiger partial charge in [-0.2, -0.15) is 41.0 Å². The lowest BCUT2D eigenvalue weighted by Gasteiger charge is -2.10. The summed E-state index contributed by atoms with van der Waals surface area (Å²) in [7, 11) is 2.97. The van der Waals surface area contributed by atoms with Crippen molar-refractivity contribution in [3.8, 4) is 50.7 Å². The van der Waals surface area contributed by atoms with Crippen LogP contribution in [0.5, 0.6) is 0 Å². The lowest BCUT2D eigenvalue weighted by molar-refractivity contribution is 0.0586. The van der Waals surface area contributed by atoms with E-state index < -0.39 is 60.1 Å². The molecule has 1 aliphatic heterocycles. The van der Waals surface area contributed by atoms with Crippen molar-refractivity contribution in [1.29, 1.82) is 5.26 Å². The van der Waals surface area contributed by atoms with Gasteiger partial charge in [-0.3, -0.25) is 14.4 Å². The summed E-state index contributed by atoms with van der Waals surface area (Å²) in [5, 5.41) is 60.3. The van der Waals surface area contributed by atoms with E-state index in [1.165, 1.54) is 125 Å². The molecule has 0 unspecified atom stereocenters. The second kappa shape index (κ2) is 38.6. The minimum Gasteiger partial charge on any atom is -0.465 e. The Morgan fingerprint density at radius 2 is 0.929 bits per heavy atom. The monoisotopic (exact) mass is 1400 g/mol. The van der Waals surface area contributed by atoms with Crippen LogP contribution in [0.1, 0.15) is 72.1 Å². The molecule has 0 saturated carbocycles. The van der Waals surface area contributed by atoms with Gasteiger partial charge in [0.15, 0.2) is 17.1 Å². The third-order valence-corrected chi connectivity index (χ3v) is 13.8. The number of nitriles is 1. The third kappa shape index (κ3) is 23.2. The molecule has 1 fully saturated rings. The van der Waals surface area contributed by atoms with Crippen LogP contribution in [0.25, 0.3) is 44.5 Å². The molecular weight excluding hydrogens is 1350 g/mol. The molecule has 25 nitrogen and oxygen atoms in total. The minimum absolute atomic E-state index is 0. The van der Waals surface area contributed by atoms with Gasteiger partial charge in [-0.25, -0.2) is 51.3 Å². The lowest BCUT2D eigenvalue weighted by atomic mass is 9.80. The normalized spacial score (nSPS) is 11.5. The van der Waals surface area contributed by atoms with Crippen LogP contribution in [0.15, 0.2) is 174 Å². The fraction of sp³-hybridized carbons (Fsp3) is 0.152. The summed E-state index contributed by atoms with van der Waals surface area (Å²) < 4.78 is 86.1. The van der Waals surface area contributed by atoms with Crippen LogP contribution in [0, 0.1) is 46.5 Å². The van der Waals surface area contributed by atoms with Crippen LogP contribution in [0.4, 0.5) is 22.0 Å². The summed E-state index contributed by atoms with van der Waals surface area (Å²) in [5.41, 5.74) is 3.69. The van der Waals surface area contributed by atoms with Crippen LogP contribution < -0.4 is 16.6 Å². The summed E-state index contributed by atoms with van der Waals surface area (Å²) in [6, 6.07) is 27.8. The summed E-state index contributed by atoms with van der Waals surface area (Å²) in [4.78, 5) is 79.9. The van der Waals surface area contributed by atoms with E-state index >= 15 is 0 Å². The first-order valence-corrected chi connectivity index (χ1v) is 28.9. The van der Waals surface area contributed by atoms with Gasteiger partial charge < -0.3 is 33.9 Å². The number of carbonyl (C=O) groups is 5. The molecule has 11 rings (SSSR count). The first-order valence-electron chi connectivity index (χ1n) is 28.1. The molecule has 33 heteroatoms. The maximum Gasteiger partial charge on any atom is 0.488 e. The molecule has 1 atom stereocenters. The minimum atomic E-state index is -1.75. The maximum absolute atomic E-state index is 14.3. The third-order valence-electron chi connectivity index (χ3n) is 13.4. The Morgan fingerprint density at radius 1 is 0.525 bits per heavy atom. The number of nitrogens with zero attached hydrogens (tertiary/aromatic N) is 10. The highest BCUT2D eigenvalue weighted by atomic mass is 35.5. The number of hydrogen-bond acceptors (Lipinski definition) is 23. The largest absolute Gasteiger partial charge is 0.488 e. The zero-order valence-corrected chi connectivity index (χ0v) is 53.1. The summed E-state index contributed by atoms with van der Waals surface area (Å²) >= 11 is 11.1. The molecule has 1 saturated heterocycles. The molecule has 0 radical (unpaired) electrons. The smallest absolute Gasteiger partial charge is 0.465 e. The number of rotatable bonds is 12. The predicted molar refractivity (Wildman–Crippen MR) is 350 cm³/mol. The molecule has 510 valence electrons. The topological polar surface area (TPSA) is 359 Å². The Labute approximate surface area is 570 Å². The van der Waals surface area contributed by atoms with Gasteiger partial charge in [0.2, 0.25) is 0 Å². The fourth-order valence-corrected chi connectivity index (χ4v) is 8.88. The van der Waals surface area contributed by atoms with Gasteiger partial charge in [0.05, 0.1) is 105 Å². The molecule has 99 heavy (non-hydrogen) atoms. The zero-order valence-electron chi connectivity index (χ0n) is 51.6. The fourth-order valence-electron chi connectivity index (χ4n) is 8.57. The first-order chi connectivity index (χ1) is 47.0. The van der Waals surface area contributed by atoms with Crippen molar-refractivity contribution in [3.05, 3.63) is 252 Å². The van der Waals surface area contributed by atoms with E-state index in [4.69, 9.17) is 38.5 Å². The molecule has 0 aliphatic carbocycles. The van der Waals surface area contributed by atoms with Crippen LogP contribution >= 0.6 is 23.2 Å². The van der Waals surface area contributed by atoms with Crippen molar-refractivity contribution in [1.82, 2.24) is 55.9 Å². The molecule has 0 bridgehead atoms. The molecular formula is C66H56BCl2F5N12O13. The number of H-pyrrole nitrogens is 2. The molecule has 4 N–H and O–H groups in total. The van der Waals surface area contributed by atoms with Gasteiger partial charge in [0.1, 0.15) is 29.1 Å². The Hall–Kier alpha value is -11.8. The van der Waals surface area contributed by atoms with E-state index in [0.29, 0.717) is 51.5 Å². The van der Waals surface area contributed by atoms with Crippen molar-refractivity contribution in [2.24, 2.45) is 5.92 Å². The number of carbonyl (C=O) groups excluding carboxylic acids is 5. The number of aromatic amines is 2. The molecule has 5 aromatic carbocycles. The van der Waals surface area contributed by atoms with Crippen LogP contribution in [0.3, 0.4) is 0 Å². The van der Waals surface area contributed by atoms with Crippen molar-refractivity contribution in [2.45, 2.75) is 20.3 Å². The average molecular weight is 1400 g/mol. The standard InChI is InChI=1S/C17H15FN4O.C12H8ClFN2O2.C12H9FN2O3.C12H9FN2O2.C8H8BFO4.C4H3ClN2O.CH4/c18-16-8-13(14-3-5-20-21-9-14)1-2-15(16)17(23)7-12-4-6-22(10-12)11-19;1-18-12(17)9-3-2-7(4-10(9)14)8-5-11(13)16-15-6-8;1-18-12(17)9-3-2-7(4-10(9)13)8-5-11(16)15-14-6-8;1-17-12(16)10-3-2-8(6-11(10)13)9-4-5-14-15-7-9;1-14-8(11)6-3-2-5(9(12)13)4-7(6)10;5-3-1-4(8)7-6-2-3;/h1-3,5,8-9,12H,4,6-7,10H2;2-6H,1H3;2-6H,1H3,(H,15,16);2-7H,1H3;2-4,12-13H,1H3;1-2H,(H,7,8);1H4/t12-;;;;;;/m0....../s1. The lowest BCUT2D eigenvalue weighted by Crippen LogP contribution is -2.30. The molecule has 0 amide bonds. The number of aromatic nitrogens is 10. The molecule has 10 aromatic rings. The number of likely N-dealkylation sites (tertiary alicyclic amines) is 1. The highest BCUT2D eigenvalue weighted by Crippen LogP contribution is 2.27. The van der Waals surface area contributed by atoms with Gasteiger partial charge in [0, 0.05) is 53.9 Å². The van der Waals surface area contributed by atoms with E-state index in [9.17, 15) is 55.5 Å². The van der Waals surface area contributed by atoms with Gasteiger partial charge in [-0.1, -0.05) is 61.0 Å². The summed E-state index contributed by atoms with van der Waals surface area (Å²) in [6.45, 7) is 1.25. The maximum atomic E-state index is 14.3. The summed E-state index contributed by atoms with van der Waals surface area (Å²) in [5.74, 6) is -6.42. The second-order valence-electron chi connectivity index (χ2n) is 19.8. The second-order valence-corrected chi connectivity index (χ2v) is 20.6.